The third-order valence-electron chi connectivity index (χ3n) is 7.85. The first-order valence-electron chi connectivity index (χ1n) is 15.9. The predicted molar refractivity (Wildman–Crippen MR) is 162 cm³/mol. The van der Waals surface area contributed by atoms with Gasteiger partial charge in [-0.25, -0.2) is 14.4 Å². The first-order valence-corrected chi connectivity index (χ1v) is 15.9. The maximum atomic E-state index is 12.0. The van der Waals surface area contributed by atoms with Crippen LogP contribution in [0.1, 0.15) is 123 Å². The molecule has 1 rings (SSSR count). The molecule has 1 aliphatic carbocycles. The van der Waals surface area contributed by atoms with Crippen LogP contribution in [0.2, 0.25) is 0 Å². The summed E-state index contributed by atoms with van der Waals surface area (Å²) in [4.78, 5) is 35.0. The molecule has 0 heterocycles. The largest absolute Gasteiger partial charge is 0.463 e. The van der Waals surface area contributed by atoms with Gasteiger partial charge >= 0.3 is 17.9 Å². The number of hydrogen-bond acceptors (Lipinski definition) is 6. The number of unbranched alkanes of at least 4 members (excludes halogenated alkanes) is 7. The molecule has 6 nitrogen and oxygen atoms in total. The second-order valence-electron chi connectivity index (χ2n) is 11.2. The summed E-state index contributed by atoms with van der Waals surface area (Å²) < 4.78 is 15.9. The quantitative estimate of drug-likeness (QED) is 0.0540. The zero-order valence-electron chi connectivity index (χ0n) is 25.4. The average Bonchev–Trinajstić information content (AvgIpc) is 2.97. The van der Waals surface area contributed by atoms with Crippen molar-refractivity contribution in [3.63, 3.8) is 0 Å². The van der Waals surface area contributed by atoms with Crippen LogP contribution in [0.4, 0.5) is 0 Å². The van der Waals surface area contributed by atoms with E-state index in [9.17, 15) is 14.4 Å². The minimum atomic E-state index is -0.377. The zero-order valence-corrected chi connectivity index (χ0v) is 25.4. The first-order chi connectivity index (χ1) is 19.5. The molecule has 1 fully saturated rings. The summed E-state index contributed by atoms with van der Waals surface area (Å²) in [5.41, 5.74) is 0. The van der Waals surface area contributed by atoms with Crippen LogP contribution in [-0.2, 0) is 28.6 Å². The van der Waals surface area contributed by atoms with Crippen molar-refractivity contribution in [2.45, 2.75) is 123 Å². The Morgan fingerprint density at radius 2 is 1.38 bits per heavy atom. The van der Waals surface area contributed by atoms with Gasteiger partial charge in [-0.05, 0) is 69.1 Å². The van der Waals surface area contributed by atoms with E-state index in [1.165, 1.54) is 57.1 Å². The molecule has 1 unspecified atom stereocenters. The van der Waals surface area contributed by atoms with Gasteiger partial charge in [0.1, 0.15) is 0 Å². The van der Waals surface area contributed by atoms with E-state index in [0.717, 1.165) is 70.1 Å². The topological polar surface area (TPSA) is 78.9 Å². The number of carbonyl (C=O) groups excluding carboxylic acids is 3. The number of ether oxygens (including phenoxy) is 3. The van der Waals surface area contributed by atoms with Crippen molar-refractivity contribution in [3.05, 3.63) is 37.0 Å². The molecule has 0 N–H and O–H groups in total. The summed E-state index contributed by atoms with van der Waals surface area (Å²) in [6, 6.07) is 0. The summed E-state index contributed by atoms with van der Waals surface area (Å²) in [7, 11) is 0. The van der Waals surface area contributed by atoms with Crippen molar-refractivity contribution < 1.29 is 28.6 Å². The van der Waals surface area contributed by atoms with Gasteiger partial charge in [-0.15, -0.1) is 0 Å². The van der Waals surface area contributed by atoms with Gasteiger partial charge in [0.2, 0.25) is 0 Å². The van der Waals surface area contributed by atoms with Crippen LogP contribution in [0.25, 0.3) is 0 Å². The molecule has 0 aromatic rings. The van der Waals surface area contributed by atoms with Crippen LogP contribution >= 0.6 is 0 Å². The Hall–Kier alpha value is -2.37. The van der Waals surface area contributed by atoms with Crippen LogP contribution < -0.4 is 0 Å². The molecule has 0 aromatic carbocycles. The van der Waals surface area contributed by atoms with Crippen LogP contribution in [0.15, 0.2) is 37.0 Å². The fourth-order valence-corrected chi connectivity index (χ4v) is 5.08. The second kappa shape index (κ2) is 24.4. The fraction of sp³-hybridized carbons (Fsp3) is 0.735. The Balaban J connectivity index is 2.02. The standard InChI is InChI=1S/C34H56O6/c1-4-7-18-30-22-24-31(25-23-30)28-40-34(37)21-16-12-11-14-19-29(5-2)27-39-33(36)20-15-10-8-9-13-17-26-38-32(35)6-3/h6,15-16,20-21,29-31H,3-5,7-14,17-19,22-28H2,1-2H3/b20-15+,21-16+. The van der Waals surface area contributed by atoms with E-state index >= 15 is 0 Å². The van der Waals surface area contributed by atoms with Gasteiger partial charge in [-0.3, -0.25) is 0 Å². The molecule has 1 atom stereocenters. The molecule has 40 heavy (non-hydrogen) atoms. The summed E-state index contributed by atoms with van der Waals surface area (Å²) in [5, 5.41) is 0. The molecule has 228 valence electrons. The third kappa shape index (κ3) is 19.7. The van der Waals surface area contributed by atoms with Crippen molar-refractivity contribution in [2.24, 2.45) is 17.8 Å². The van der Waals surface area contributed by atoms with Gasteiger partial charge in [-0.1, -0.05) is 90.4 Å². The average molecular weight is 561 g/mol. The number of allylic oxidation sites excluding steroid dienone is 2. The smallest absolute Gasteiger partial charge is 0.330 e. The van der Waals surface area contributed by atoms with E-state index < -0.39 is 0 Å². The normalized spacial score (nSPS) is 18.1. The van der Waals surface area contributed by atoms with Gasteiger partial charge in [0.25, 0.3) is 0 Å². The lowest BCUT2D eigenvalue weighted by Crippen LogP contribution is -2.20. The Morgan fingerprint density at radius 1 is 0.750 bits per heavy atom. The van der Waals surface area contributed by atoms with Crippen molar-refractivity contribution >= 4 is 17.9 Å². The van der Waals surface area contributed by atoms with Gasteiger partial charge in [0, 0.05) is 18.2 Å². The third-order valence-corrected chi connectivity index (χ3v) is 7.85. The van der Waals surface area contributed by atoms with E-state index in [1.807, 2.05) is 12.2 Å². The maximum absolute atomic E-state index is 12.0. The molecule has 0 radical (unpaired) electrons. The second-order valence-corrected chi connectivity index (χ2v) is 11.2. The Morgan fingerprint density at radius 3 is 2.02 bits per heavy atom. The maximum Gasteiger partial charge on any atom is 0.330 e. The van der Waals surface area contributed by atoms with E-state index in [4.69, 9.17) is 14.2 Å². The molecular weight excluding hydrogens is 504 g/mol. The van der Waals surface area contributed by atoms with E-state index in [-0.39, 0.29) is 17.9 Å². The molecule has 0 spiro atoms. The predicted octanol–water partition coefficient (Wildman–Crippen LogP) is 8.45. The summed E-state index contributed by atoms with van der Waals surface area (Å²) in [5.74, 6) is 0.900. The van der Waals surface area contributed by atoms with Crippen LogP contribution in [-0.4, -0.2) is 37.7 Å². The zero-order chi connectivity index (χ0) is 29.3. The van der Waals surface area contributed by atoms with Crippen LogP contribution in [0.5, 0.6) is 0 Å². The van der Waals surface area contributed by atoms with Gasteiger partial charge < -0.3 is 14.2 Å². The molecule has 1 aliphatic rings. The molecule has 0 bridgehead atoms. The monoisotopic (exact) mass is 560 g/mol. The SMILES string of the molecule is C=CC(=O)OCCCCCC/C=C/C(=O)OCC(CC)CCCC/C=C/C(=O)OCC1CCC(CCCC)CC1. The highest BCUT2D eigenvalue weighted by atomic mass is 16.5. The van der Waals surface area contributed by atoms with Gasteiger partial charge in [-0.2, -0.15) is 0 Å². The lowest BCUT2D eigenvalue weighted by Gasteiger charge is -2.28. The van der Waals surface area contributed by atoms with Gasteiger partial charge in [0.15, 0.2) is 0 Å². The van der Waals surface area contributed by atoms with Gasteiger partial charge in [0.05, 0.1) is 19.8 Å². The minimum absolute atomic E-state index is 0.217. The van der Waals surface area contributed by atoms with Crippen molar-refractivity contribution in [1.29, 1.82) is 0 Å². The number of hydrogen-bond donors (Lipinski definition) is 0. The minimum Gasteiger partial charge on any atom is -0.463 e. The van der Waals surface area contributed by atoms with Crippen molar-refractivity contribution in [2.75, 3.05) is 19.8 Å². The highest BCUT2D eigenvalue weighted by Gasteiger charge is 2.21. The molecule has 1 saturated carbocycles. The van der Waals surface area contributed by atoms with E-state index in [0.29, 0.717) is 31.7 Å². The lowest BCUT2D eigenvalue weighted by molar-refractivity contribution is -0.140. The first kappa shape index (κ1) is 35.7. The Bertz CT molecular complexity index is 748. The highest BCUT2D eigenvalue weighted by molar-refractivity contribution is 5.82. The Labute approximate surface area is 244 Å². The number of rotatable bonds is 23. The van der Waals surface area contributed by atoms with Crippen molar-refractivity contribution in [1.82, 2.24) is 0 Å². The molecule has 6 heteroatoms. The summed E-state index contributed by atoms with van der Waals surface area (Å²) >= 11 is 0. The highest BCUT2D eigenvalue weighted by Crippen LogP contribution is 2.32. The number of carbonyl (C=O) groups is 3. The summed E-state index contributed by atoms with van der Waals surface area (Å²) in [6.45, 7) is 9.18. The molecular formula is C34H56O6. The molecule has 0 amide bonds. The lowest BCUT2D eigenvalue weighted by atomic mass is 9.80. The van der Waals surface area contributed by atoms with Crippen LogP contribution in [0, 0.1) is 17.8 Å². The van der Waals surface area contributed by atoms with E-state index in [1.54, 1.807) is 6.08 Å². The van der Waals surface area contributed by atoms with Crippen LogP contribution in [0.3, 0.4) is 0 Å². The molecule has 0 saturated heterocycles. The Kier molecular flexibility index (Phi) is 21.8. The van der Waals surface area contributed by atoms with E-state index in [2.05, 4.69) is 20.4 Å². The molecule has 0 aliphatic heterocycles. The van der Waals surface area contributed by atoms with Crippen molar-refractivity contribution in [3.8, 4) is 0 Å². The number of esters is 3. The fourth-order valence-electron chi connectivity index (χ4n) is 5.08. The summed E-state index contributed by atoms with van der Waals surface area (Å²) in [6.07, 6.45) is 26.6. The molecule has 0 aromatic heterocycles.